The number of likely N-dealkylation sites (tertiary alicyclic amines) is 1. The molecule has 1 unspecified atom stereocenters. The summed E-state index contributed by atoms with van der Waals surface area (Å²) in [5.74, 6) is -1.02. The summed E-state index contributed by atoms with van der Waals surface area (Å²) in [6.07, 6.45) is -3.58. The van der Waals surface area contributed by atoms with E-state index in [1.54, 1.807) is 42.7 Å². The van der Waals surface area contributed by atoms with Crippen molar-refractivity contribution in [1.29, 1.82) is 0 Å². The minimum atomic E-state index is -4.72. The van der Waals surface area contributed by atoms with Gasteiger partial charge in [0.05, 0.1) is 36.3 Å². The number of piperidine rings is 1. The van der Waals surface area contributed by atoms with E-state index in [-0.39, 0.29) is 42.1 Å². The first-order valence-electron chi connectivity index (χ1n) is 14.9. The highest BCUT2D eigenvalue weighted by Crippen LogP contribution is 2.42. The maximum absolute atomic E-state index is 14.9. The Morgan fingerprint density at radius 2 is 1.89 bits per heavy atom. The summed E-state index contributed by atoms with van der Waals surface area (Å²) >= 11 is 0. The number of ether oxygens (including phenoxy) is 1. The van der Waals surface area contributed by atoms with Gasteiger partial charge < -0.3 is 14.2 Å². The minimum absolute atomic E-state index is 0.0276. The number of carbonyl (C=O) groups is 1. The van der Waals surface area contributed by atoms with E-state index in [4.69, 9.17) is 4.74 Å². The van der Waals surface area contributed by atoms with Crippen LogP contribution in [0.4, 0.5) is 22.0 Å². The summed E-state index contributed by atoms with van der Waals surface area (Å²) in [5, 5.41) is 4.34. The normalized spacial score (nSPS) is 21.5. The number of imidazole rings is 1. The van der Waals surface area contributed by atoms with Gasteiger partial charge in [-0.1, -0.05) is 31.2 Å². The van der Waals surface area contributed by atoms with Gasteiger partial charge in [0.2, 0.25) is 0 Å². The first kappa shape index (κ1) is 30.2. The quantitative estimate of drug-likeness (QED) is 0.177. The fourth-order valence-electron chi connectivity index (χ4n) is 6.62. The van der Waals surface area contributed by atoms with E-state index in [1.807, 2.05) is 6.92 Å². The van der Waals surface area contributed by atoms with Crippen molar-refractivity contribution in [2.75, 3.05) is 26.2 Å². The van der Waals surface area contributed by atoms with Crippen LogP contribution >= 0.6 is 0 Å². The van der Waals surface area contributed by atoms with Crippen molar-refractivity contribution >= 4 is 16.9 Å². The molecule has 234 valence electrons. The van der Waals surface area contributed by atoms with E-state index >= 15 is 0 Å². The van der Waals surface area contributed by atoms with Gasteiger partial charge in [-0.2, -0.15) is 18.3 Å². The molecule has 1 saturated heterocycles. The number of aryl methyl sites for hydroxylation is 1. The predicted octanol–water partition coefficient (Wildman–Crippen LogP) is 6.42. The van der Waals surface area contributed by atoms with Gasteiger partial charge in [0.15, 0.2) is 6.04 Å². The molecule has 0 aliphatic carbocycles. The molecule has 0 spiro atoms. The second-order valence-corrected chi connectivity index (χ2v) is 11.6. The molecule has 2 aromatic heterocycles. The summed E-state index contributed by atoms with van der Waals surface area (Å²) < 4.78 is 80.7. The maximum atomic E-state index is 14.9. The molecule has 0 amide bonds. The molecule has 4 heterocycles. The van der Waals surface area contributed by atoms with E-state index in [2.05, 4.69) is 15.0 Å². The number of alkyl halides is 5. The van der Waals surface area contributed by atoms with Crippen molar-refractivity contribution in [2.24, 2.45) is 0 Å². The van der Waals surface area contributed by atoms with E-state index in [9.17, 15) is 26.7 Å². The van der Waals surface area contributed by atoms with Crippen molar-refractivity contribution in [3.8, 4) is 11.1 Å². The van der Waals surface area contributed by atoms with Gasteiger partial charge in [-0.15, -0.1) is 0 Å². The lowest BCUT2D eigenvalue weighted by atomic mass is 9.86. The first-order valence-corrected chi connectivity index (χ1v) is 14.9. The van der Waals surface area contributed by atoms with Gasteiger partial charge in [-0.25, -0.2) is 18.6 Å². The van der Waals surface area contributed by atoms with Gasteiger partial charge in [-0.05, 0) is 61.7 Å². The second-order valence-electron chi connectivity index (χ2n) is 11.6. The SMILES string of the molecule is CCOC(=O)C(c1ncn2c1C[C@@H](F)C2)n1cc2c(C(F)(F)F)cc(-c3ccc([C@@H]4CCN(CC)C[C@H]4F)cc3)c(C)c2n1. The van der Waals surface area contributed by atoms with Gasteiger partial charge in [0.25, 0.3) is 0 Å². The van der Waals surface area contributed by atoms with E-state index < -0.39 is 36.1 Å². The summed E-state index contributed by atoms with van der Waals surface area (Å²) in [7, 11) is 0. The minimum Gasteiger partial charge on any atom is -0.464 e. The molecule has 6 rings (SSSR count). The third-order valence-corrected chi connectivity index (χ3v) is 8.92. The van der Waals surface area contributed by atoms with Gasteiger partial charge >= 0.3 is 12.1 Å². The number of rotatable bonds is 7. The molecule has 1 fully saturated rings. The van der Waals surface area contributed by atoms with E-state index in [0.717, 1.165) is 29.4 Å². The molecule has 44 heavy (non-hydrogen) atoms. The van der Waals surface area contributed by atoms with Crippen LogP contribution in [-0.4, -0.2) is 68.8 Å². The van der Waals surface area contributed by atoms with Gasteiger partial charge in [0.1, 0.15) is 12.3 Å². The zero-order chi connectivity index (χ0) is 31.3. The molecule has 2 aliphatic rings. The largest absolute Gasteiger partial charge is 0.464 e. The Balaban J connectivity index is 1.43. The molecule has 4 atom stereocenters. The Hall–Kier alpha value is -3.80. The van der Waals surface area contributed by atoms with Crippen LogP contribution < -0.4 is 0 Å². The number of hydrogen-bond donors (Lipinski definition) is 0. The number of nitrogens with zero attached hydrogens (tertiary/aromatic N) is 5. The highest BCUT2D eigenvalue weighted by molar-refractivity contribution is 5.92. The van der Waals surface area contributed by atoms with Crippen LogP contribution in [0.3, 0.4) is 0 Å². The standard InChI is InChI=1S/C32H34F5N5O2/c1-4-40-11-10-22(26(34)16-40)19-6-8-20(9-7-19)23-13-25(32(35,36)37)24-15-42(39-28(24)18(23)3)30(31(43)44-5-2)29-27-12-21(33)14-41(27)17-38-29/h6-9,13,15,17,21-22,26,30H,4-5,10-12,14,16H2,1-3H3/t21-,22+,26-,30?/m1/s1. The van der Waals surface area contributed by atoms with Crippen LogP contribution in [0.2, 0.25) is 0 Å². The summed E-state index contributed by atoms with van der Waals surface area (Å²) in [5.41, 5.74) is 2.03. The lowest BCUT2D eigenvalue weighted by Gasteiger charge is -2.34. The van der Waals surface area contributed by atoms with E-state index in [1.165, 1.54) is 12.5 Å². The third kappa shape index (κ3) is 5.37. The fourth-order valence-corrected chi connectivity index (χ4v) is 6.62. The Morgan fingerprint density at radius 3 is 2.55 bits per heavy atom. The number of benzene rings is 2. The van der Waals surface area contributed by atoms with Crippen LogP contribution in [0.15, 0.2) is 42.9 Å². The van der Waals surface area contributed by atoms with Crippen LogP contribution in [0, 0.1) is 6.92 Å². The molecule has 4 aromatic rings. The molecular formula is C32H34F5N5O2. The molecule has 0 N–H and O–H groups in total. The summed E-state index contributed by atoms with van der Waals surface area (Å²) in [6.45, 7) is 7.36. The smallest absolute Gasteiger partial charge is 0.417 e. The number of carbonyl (C=O) groups excluding carboxylic acids is 1. The van der Waals surface area contributed by atoms with Crippen molar-refractivity contribution < 1.29 is 31.5 Å². The van der Waals surface area contributed by atoms with Gasteiger partial charge in [-0.3, -0.25) is 4.68 Å². The second kappa shape index (κ2) is 11.6. The van der Waals surface area contributed by atoms with Crippen LogP contribution in [0.25, 0.3) is 22.0 Å². The lowest BCUT2D eigenvalue weighted by Crippen LogP contribution is -2.40. The zero-order valence-corrected chi connectivity index (χ0v) is 24.7. The molecule has 7 nitrogen and oxygen atoms in total. The van der Waals surface area contributed by atoms with Crippen molar-refractivity contribution in [1.82, 2.24) is 24.2 Å². The van der Waals surface area contributed by atoms with E-state index in [0.29, 0.717) is 35.3 Å². The van der Waals surface area contributed by atoms with Crippen LogP contribution in [0.5, 0.6) is 0 Å². The monoisotopic (exact) mass is 615 g/mol. The molecular weight excluding hydrogens is 581 g/mol. The van der Waals surface area contributed by atoms with Crippen molar-refractivity contribution in [2.45, 2.75) is 70.6 Å². The summed E-state index contributed by atoms with van der Waals surface area (Å²) in [4.78, 5) is 19.6. The topological polar surface area (TPSA) is 65.2 Å². The summed E-state index contributed by atoms with van der Waals surface area (Å²) in [6, 6.07) is 6.83. The Morgan fingerprint density at radius 1 is 1.14 bits per heavy atom. The first-order chi connectivity index (χ1) is 21.0. The number of hydrogen-bond acceptors (Lipinski definition) is 5. The predicted molar refractivity (Wildman–Crippen MR) is 155 cm³/mol. The number of halogens is 5. The zero-order valence-electron chi connectivity index (χ0n) is 24.7. The lowest BCUT2D eigenvalue weighted by molar-refractivity contribution is -0.146. The Bertz CT molecular complexity index is 1680. The Labute approximate surface area is 251 Å². The average Bonchev–Trinajstić information content (AvgIpc) is 3.68. The highest BCUT2D eigenvalue weighted by Gasteiger charge is 2.38. The molecule has 0 saturated carbocycles. The third-order valence-electron chi connectivity index (χ3n) is 8.92. The van der Waals surface area contributed by atoms with Crippen molar-refractivity contribution in [3.63, 3.8) is 0 Å². The maximum Gasteiger partial charge on any atom is 0.417 e. The van der Waals surface area contributed by atoms with Crippen molar-refractivity contribution in [3.05, 3.63) is 70.9 Å². The van der Waals surface area contributed by atoms with Crippen LogP contribution in [0.1, 0.15) is 60.3 Å². The molecule has 0 radical (unpaired) electrons. The Kier molecular flexibility index (Phi) is 7.98. The molecule has 12 heteroatoms. The average molecular weight is 616 g/mol. The van der Waals surface area contributed by atoms with Crippen LogP contribution in [-0.2, 0) is 28.7 Å². The fraction of sp³-hybridized carbons (Fsp3) is 0.469. The molecule has 2 aromatic carbocycles. The van der Waals surface area contributed by atoms with Gasteiger partial charge in [0, 0.05) is 36.2 Å². The molecule has 0 bridgehead atoms. The number of fused-ring (bicyclic) bond motifs is 2. The molecule has 2 aliphatic heterocycles. The number of aromatic nitrogens is 4. The highest BCUT2D eigenvalue weighted by atomic mass is 19.4. The number of esters is 1.